The second-order valence-corrected chi connectivity index (χ2v) is 7.41. The Balaban J connectivity index is 1.70. The highest BCUT2D eigenvalue weighted by atomic mass is 16.2. The van der Waals surface area contributed by atoms with E-state index in [1.54, 1.807) is 30.3 Å². The molecule has 5 heteroatoms. The summed E-state index contributed by atoms with van der Waals surface area (Å²) in [5.41, 5.74) is 6.19. The molecule has 0 spiro atoms. The number of nitrogens with zero attached hydrogens (tertiary/aromatic N) is 4. The second-order valence-electron chi connectivity index (χ2n) is 7.41. The SMILES string of the molecule is Cc1ccc(C)c(Cn2c(CN(C)C(=O)c3ccccn3)nc3ccccc32)c1. The molecule has 0 aliphatic rings. The lowest BCUT2D eigenvalue weighted by Gasteiger charge is -2.18. The molecule has 0 saturated heterocycles. The third kappa shape index (κ3) is 3.90. The molecule has 0 fully saturated rings. The monoisotopic (exact) mass is 384 g/mol. The first kappa shape index (κ1) is 18.9. The van der Waals surface area contributed by atoms with Crippen molar-refractivity contribution in [3.63, 3.8) is 0 Å². The normalized spacial score (nSPS) is 11.0. The maximum absolute atomic E-state index is 12.8. The van der Waals surface area contributed by atoms with Crippen LogP contribution in [0.2, 0.25) is 0 Å². The van der Waals surface area contributed by atoms with Crippen LogP contribution in [0.1, 0.15) is 33.0 Å². The van der Waals surface area contributed by atoms with E-state index < -0.39 is 0 Å². The average molecular weight is 384 g/mol. The van der Waals surface area contributed by atoms with Crippen LogP contribution in [-0.4, -0.2) is 32.4 Å². The van der Waals surface area contributed by atoms with Gasteiger partial charge in [-0.05, 0) is 49.2 Å². The van der Waals surface area contributed by atoms with Gasteiger partial charge < -0.3 is 9.47 Å². The van der Waals surface area contributed by atoms with E-state index >= 15 is 0 Å². The second kappa shape index (κ2) is 7.87. The van der Waals surface area contributed by atoms with Gasteiger partial charge in [-0.25, -0.2) is 4.98 Å². The fraction of sp³-hybridized carbons (Fsp3) is 0.208. The standard InChI is InChI=1S/C24H24N4O/c1-17-11-12-18(2)19(14-17)15-28-22-10-5-4-8-20(22)26-23(28)16-27(3)24(29)21-9-6-7-13-25-21/h4-14H,15-16H2,1-3H3. The summed E-state index contributed by atoms with van der Waals surface area (Å²) < 4.78 is 2.21. The Bertz CT molecular complexity index is 1160. The summed E-state index contributed by atoms with van der Waals surface area (Å²) in [6, 6.07) is 20.0. The van der Waals surface area contributed by atoms with Crippen molar-refractivity contribution in [2.75, 3.05) is 7.05 Å². The summed E-state index contributed by atoms with van der Waals surface area (Å²) in [5.74, 6) is 0.745. The summed E-state index contributed by atoms with van der Waals surface area (Å²) in [6.45, 7) is 5.36. The Morgan fingerprint density at radius 1 is 1.03 bits per heavy atom. The predicted octanol–water partition coefficient (Wildman–Crippen LogP) is 4.37. The molecule has 0 bridgehead atoms. The number of carbonyl (C=O) groups excluding carboxylic acids is 1. The highest BCUT2D eigenvalue weighted by Gasteiger charge is 2.18. The maximum atomic E-state index is 12.8. The highest BCUT2D eigenvalue weighted by Crippen LogP contribution is 2.21. The van der Waals surface area contributed by atoms with Gasteiger partial charge in [0.2, 0.25) is 0 Å². The number of hydrogen-bond donors (Lipinski definition) is 0. The summed E-state index contributed by atoms with van der Waals surface area (Å²) >= 11 is 0. The minimum Gasteiger partial charge on any atom is -0.333 e. The van der Waals surface area contributed by atoms with Crippen molar-refractivity contribution in [3.05, 3.63) is 95.1 Å². The Labute approximate surface area is 170 Å². The van der Waals surface area contributed by atoms with Crippen molar-refractivity contribution in [1.29, 1.82) is 0 Å². The first-order valence-corrected chi connectivity index (χ1v) is 9.69. The first-order valence-electron chi connectivity index (χ1n) is 9.69. The van der Waals surface area contributed by atoms with Gasteiger partial charge in [0, 0.05) is 19.8 Å². The van der Waals surface area contributed by atoms with Crippen LogP contribution in [0.3, 0.4) is 0 Å². The number of rotatable bonds is 5. The minimum atomic E-state index is -0.115. The molecule has 5 nitrogen and oxygen atoms in total. The Morgan fingerprint density at radius 3 is 2.62 bits per heavy atom. The number of aromatic nitrogens is 3. The number of aryl methyl sites for hydroxylation is 2. The molecular formula is C24H24N4O. The lowest BCUT2D eigenvalue weighted by molar-refractivity contribution is 0.0774. The van der Waals surface area contributed by atoms with Crippen molar-refractivity contribution in [1.82, 2.24) is 19.4 Å². The fourth-order valence-electron chi connectivity index (χ4n) is 3.53. The van der Waals surface area contributed by atoms with E-state index in [2.05, 4.69) is 47.7 Å². The molecule has 29 heavy (non-hydrogen) atoms. The molecule has 4 rings (SSSR count). The molecule has 0 radical (unpaired) electrons. The Morgan fingerprint density at radius 2 is 1.83 bits per heavy atom. The van der Waals surface area contributed by atoms with E-state index in [0.717, 1.165) is 23.4 Å². The molecule has 2 aromatic carbocycles. The van der Waals surface area contributed by atoms with E-state index in [1.807, 2.05) is 24.3 Å². The van der Waals surface area contributed by atoms with Gasteiger partial charge in [-0.15, -0.1) is 0 Å². The molecule has 4 aromatic rings. The van der Waals surface area contributed by atoms with Crippen molar-refractivity contribution in [3.8, 4) is 0 Å². The van der Waals surface area contributed by atoms with E-state index in [0.29, 0.717) is 12.2 Å². The molecule has 0 N–H and O–H groups in total. The molecule has 0 aliphatic carbocycles. The Hall–Kier alpha value is -3.47. The van der Waals surface area contributed by atoms with Crippen LogP contribution in [0.15, 0.2) is 66.9 Å². The number of benzene rings is 2. The molecule has 2 heterocycles. The third-order valence-electron chi connectivity index (χ3n) is 5.18. The van der Waals surface area contributed by atoms with Crippen molar-refractivity contribution < 1.29 is 4.79 Å². The number of hydrogen-bond acceptors (Lipinski definition) is 3. The lowest BCUT2D eigenvalue weighted by Crippen LogP contribution is -2.28. The molecule has 0 unspecified atom stereocenters. The van der Waals surface area contributed by atoms with Gasteiger partial charge in [0.25, 0.3) is 5.91 Å². The predicted molar refractivity (Wildman–Crippen MR) is 115 cm³/mol. The zero-order valence-corrected chi connectivity index (χ0v) is 17.0. The van der Waals surface area contributed by atoms with Crippen molar-refractivity contribution in [2.45, 2.75) is 26.9 Å². The number of para-hydroxylation sites is 2. The topological polar surface area (TPSA) is 51.0 Å². The van der Waals surface area contributed by atoms with E-state index in [4.69, 9.17) is 4.98 Å². The number of pyridine rings is 1. The van der Waals surface area contributed by atoms with Gasteiger partial charge in [0.05, 0.1) is 17.6 Å². The summed E-state index contributed by atoms with van der Waals surface area (Å²) in [4.78, 5) is 23.4. The lowest BCUT2D eigenvalue weighted by atomic mass is 10.1. The fourth-order valence-corrected chi connectivity index (χ4v) is 3.53. The van der Waals surface area contributed by atoms with Gasteiger partial charge in [-0.2, -0.15) is 0 Å². The van der Waals surface area contributed by atoms with Crippen LogP contribution in [0.25, 0.3) is 11.0 Å². The van der Waals surface area contributed by atoms with Crippen LogP contribution in [0.4, 0.5) is 0 Å². The van der Waals surface area contributed by atoms with Crippen molar-refractivity contribution in [2.24, 2.45) is 0 Å². The molecule has 0 atom stereocenters. The zero-order chi connectivity index (χ0) is 20.4. The van der Waals surface area contributed by atoms with Crippen LogP contribution in [0.5, 0.6) is 0 Å². The smallest absolute Gasteiger partial charge is 0.272 e. The molecule has 146 valence electrons. The zero-order valence-electron chi connectivity index (χ0n) is 17.0. The van der Waals surface area contributed by atoms with Gasteiger partial charge in [0.15, 0.2) is 0 Å². The van der Waals surface area contributed by atoms with Gasteiger partial charge in [-0.1, -0.05) is 42.0 Å². The van der Waals surface area contributed by atoms with Crippen LogP contribution in [-0.2, 0) is 13.1 Å². The van der Waals surface area contributed by atoms with Crippen LogP contribution >= 0.6 is 0 Å². The van der Waals surface area contributed by atoms with E-state index in [1.165, 1.54) is 16.7 Å². The van der Waals surface area contributed by atoms with Gasteiger partial charge in [0.1, 0.15) is 11.5 Å². The summed E-state index contributed by atoms with van der Waals surface area (Å²) in [7, 11) is 1.79. The van der Waals surface area contributed by atoms with Crippen molar-refractivity contribution >= 4 is 16.9 Å². The summed E-state index contributed by atoms with van der Waals surface area (Å²) in [5, 5.41) is 0. The minimum absolute atomic E-state index is 0.115. The number of imidazole rings is 1. The largest absolute Gasteiger partial charge is 0.333 e. The number of amides is 1. The van der Waals surface area contributed by atoms with E-state index in [-0.39, 0.29) is 5.91 Å². The quantitative estimate of drug-likeness (QED) is 0.513. The molecule has 2 aromatic heterocycles. The highest BCUT2D eigenvalue weighted by molar-refractivity contribution is 5.92. The van der Waals surface area contributed by atoms with Crippen LogP contribution < -0.4 is 0 Å². The third-order valence-corrected chi connectivity index (χ3v) is 5.18. The Kier molecular flexibility index (Phi) is 5.12. The number of carbonyl (C=O) groups is 1. The van der Waals surface area contributed by atoms with Gasteiger partial charge >= 0.3 is 0 Å². The maximum Gasteiger partial charge on any atom is 0.272 e. The molecule has 0 saturated carbocycles. The number of fused-ring (bicyclic) bond motifs is 1. The molecule has 0 aliphatic heterocycles. The average Bonchev–Trinajstić information content (AvgIpc) is 3.07. The first-order chi connectivity index (χ1) is 14.0. The van der Waals surface area contributed by atoms with E-state index in [9.17, 15) is 4.79 Å². The van der Waals surface area contributed by atoms with Gasteiger partial charge in [-0.3, -0.25) is 9.78 Å². The molecular weight excluding hydrogens is 360 g/mol. The summed E-state index contributed by atoms with van der Waals surface area (Å²) in [6.07, 6.45) is 1.64. The molecule has 1 amide bonds. The van der Waals surface area contributed by atoms with Crippen LogP contribution in [0, 0.1) is 13.8 Å².